The van der Waals surface area contributed by atoms with Gasteiger partial charge in [0.25, 0.3) is 0 Å². The molecular formula is C8H13N3OS. The molecule has 0 bridgehead atoms. The van der Waals surface area contributed by atoms with Crippen LogP contribution in [0.15, 0.2) is 0 Å². The zero-order valence-corrected chi connectivity index (χ0v) is 8.43. The summed E-state index contributed by atoms with van der Waals surface area (Å²) in [6.45, 7) is 4.57. The van der Waals surface area contributed by atoms with Crippen molar-refractivity contribution < 1.29 is 4.74 Å². The first-order valence-electron chi connectivity index (χ1n) is 4.55. The van der Waals surface area contributed by atoms with Crippen LogP contribution >= 0.6 is 12.2 Å². The summed E-state index contributed by atoms with van der Waals surface area (Å²) in [6, 6.07) is 0. The van der Waals surface area contributed by atoms with Crippen molar-refractivity contribution in [1.29, 1.82) is 0 Å². The Labute approximate surface area is 81.9 Å². The van der Waals surface area contributed by atoms with Crippen molar-refractivity contribution in [3.63, 3.8) is 0 Å². The Morgan fingerprint density at radius 3 is 3.23 bits per heavy atom. The van der Waals surface area contributed by atoms with Crippen LogP contribution in [0.4, 0.5) is 0 Å². The molecule has 1 atom stereocenters. The smallest absolute Gasteiger partial charge is 0.195 e. The number of H-pyrrole nitrogens is 1. The van der Waals surface area contributed by atoms with Crippen LogP contribution in [0.3, 0.4) is 0 Å². The van der Waals surface area contributed by atoms with Crippen molar-refractivity contribution >= 4 is 12.2 Å². The van der Waals surface area contributed by atoms with Crippen LogP contribution in [0.1, 0.15) is 25.1 Å². The lowest BCUT2D eigenvalue weighted by Gasteiger charge is -2.07. The third kappa shape index (κ3) is 1.53. The Hall–Kier alpha value is -0.680. The average molecular weight is 199 g/mol. The van der Waals surface area contributed by atoms with Crippen molar-refractivity contribution in [3.8, 4) is 0 Å². The van der Waals surface area contributed by atoms with Crippen LogP contribution in [0.25, 0.3) is 0 Å². The zero-order valence-electron chi connectivity index (χ0n) is 7.62. The van der Waals surface area contributed by atoms with Gasteiger partial charge in [-0.1, -0.05) is 0 Å². The maximum Gasteiger partial charge on any atom is 0.195 e. The van der Waals surface area contributed by atoms with Gasteiger partial charge in [0.2, 0.25) is 0 Å². The Kier molecular flexibility index (Phi) is 2.46. The van der Waals surface area contributed by atoms with Gasteiger partial charge in [0.05, 0.1) is 6.61 Å². The molecule has 0 amide bonds. The van der Waals surface area contributed by atoms with E-state index in [4.69, 9.17) is 17.0 Å². The SMILES string of the molecule is CCn1c(C2CCOC2)n[nH]c1=S. The standard InChI is InChI=1S/C8H13N3OS/c1-2-11-7(9-10-8(11)13)6-3-4-12-5-6/h6H,2-5H2,1H3,(H,10,13). The fourth-order valence-electron chi connectivity index (χ4n) is 1.69. The Morgan fingerprint density at radius 2 is 2.62 bits per heavy atom. The molecule has 1 aliphatic rings. The lowest BCUT2D eigenvalue weighted by atomic mass is 10.1. The highest BCUT2D eigenvalue weighted by Crippen LogP contribution is 2.23. The number of rotatable bonds is 2. The highest BCUT2D eigenvalue weighted by molar-refractivity contribution is 7.71. The molecule has 2 rings (SSSR count). The molecule has 0 spiro atoms. The molecule has 1 saturated heterocycles. The first-order chi connectivity index (χ1) is 6.33. The number of nitrogens with zero attached hydrogens (tertiary/aromatic N) is 2. The molecule has 13 heavy (non-hydrogen) atoms. The van der Waals surface area contributed by atoms with Crippen LogP contribution in [-0.2, 0) is 11.3 Å². The van der Waals surface area contributed by atoms with E-state index in [1.807, 2.05) is 4.57 Å². The highest BCUT2D eigenvalue weighted by Gasteiger charge is 2.22. The van der Waals surface area contributed by atoms with Gasteiger partial charge in [-0.2, -0.15) is 5.10 Å². The van der Waals surface area contributed by atoms with Gasteiger partial charge in [-0.3, -0.25) is 5.10 Å². The van der Waals surface area contributed by atoms with Crippen LogP contribution in [-0.4, -0.2) is 28.0 Å². The van der Waals surface area contributed by atoms with Crippen molar-refractivity contribution in [2.45, 2.75) is 25.8 Å². The minimum atomic E-state index is 0.424. The Bertz CT molecular complexity index is 337. The maximum atomic E-state index is 5.32. The molecule has 5 heteroatoms. The summed E-state index contributed by atoms with van der Waals surface area (Å²) in [4.78, 5) is 0. The molecule has 1 aromatic rings. The highest BCUT2D eigenvalue weighted by atomic mass is 32.1. The number of hydrogen-bond donors (Lipinski definition) is 1. The van der Waals surface area contributed by atoms with Crippen molar-refractivity contribution in [2.24, 2.45) is 0 Å². The summed E-state index contributed by atoms with van der Waals surface area (Å²) in [5.74, 6) is 1.47. The van der Waals surface area contributed by atoms with Crippen LogP contribution in [0, 0.1) is 4.77 Å². The first kappa shape index (κ1) is 8.90. The molecule has 1 N–H and O–H groups in total. The normalized spacial score (nSPS) is 22.4. The molecule has 0 aromatic carbocycles. The topological polar surface area (TPSA) is 42.8 Å². The summed E-state index contributed by atoms with van der Waals surface area (Å²) in [5.41, 5.74) is 0. The van der Waals surface area contributed by atoms with E-state index in [1.54, 1.807) is 0 Å². The maximum absolute atomic E-state index is 5.32. The van der Waals surface area contributed by atoms with E-state index in [-0.39, 0.29) is 0 Å². The van der Waals surface area contributed by atoms with Gasteiger partial charge in [-0.15, -0.1) is 0 Å². The molecule has 0 aliphatic carbocycles. The van der Waals surface area contributed by atoms with Crippen molar-refractivity contribution in [2.75, 3.05) is 13.2 Å². The second-order valence-electron chi connectivity index (χ2n) is 3.19. The van der Waals surface area contributed by atoms with E-state index in [1.165, 1.54) is 0 Å². The molecule has 1 fully saturated rings. The van der Waals surface area contributed by atoms with Crippen LogP contribution in [0.5, 0.6) is 0 Å². The summed E-state index contributed by atoms with van der Waals surface area (Å²) >= 11 is 5.11. The molecule has 72 valence electrons. The van der Waals surface area contributed by atoms with Gasteiger partial charge >= 0.3 is 0 Å². The molecule has 0 saturated carbocycles. The average Bonchev–Trinajstić information content (AvgIpc) is 2.71. The molecule has 2 heterocycles. The van der Waals surface area contributed by atoms with E-state index >= 15 is 0 Å². The number of ether oxygens (including phenoxy) is 1. The third-order valence-corrected chi connectivity index (χ3v) is 2.71. The second-order valence-corrected chi connectivity index (χ2v) is 3.58. The predicted molar refractivity (Wildman–Crippen MR) is 51.3 cm³/mol. The van der Waals surface area contributed by atoms with Gasteiger partial charge in [0, 0.05) is 19.1 Å². The van der Waals surface area contributed by atoms with E-state index in [0.717, 1.165) is 32.0 Å². The molecule has 1 aromatic heterocycles. The van der Waals surface area contributed by atoms with Crippen molar-refractivity contribution in [1.82, 2.24) is 14.8 Å². The molecular weight excluding hydrogens is 186 g/mol. The van der Waals surface area contributed by atoms with Crippen molar-refractivity contribution in [3.05, 3.63) is 10.6 Å². The third-order valence-electron chi connectivity index (χ3n) is 2.40. The monoisotopic (exact) mass is 199 g/mol. The quantitative estimate of drug-likeness (QED) is 0.733. The summed E-state index contributed by atoms with van der Waals surface area (Å²) in [6.07, 6.45) is 1.06. The van der Waals surface area contributed by atoms with Gasteiger partial charge in [-0.05, 0) is 25.6 Å². The van der Waals surface area contributed by atoms with Gasteiger partial charge in [-0.25, -0.2) is 0 Å². The van der Waals surface area contributed by atoms with Crippen LogP contribution < -0.4 is 0 Å². The lowest BCUT2D eigenvalue weighted by molar-refractivity contribution is 0.192. The first-order valence-corrected chi connectivity index (χ1v) is 4.96. The largest absolute Gasteiger partial charge is 0.381 e. The number of aromatic amines is 1. The molecule has 0 radical (unpaired) electrons. The molecule has 4 nitrogen and oxygen atoms in total. The number of nitrogens with one attached hydrogen (secondary N) is 1. The summed E-state index contributed by atoms with van der Waals surface area (Å²) in [7, 11) is 0. The Morgan fingerprint density at radius 1 is 1.77 bits per heavy atom. The number of hydrogen-bond acceptors (Lipinski definition) is 3. The van der Waals surface area contributed by atoms with E-state index < -0.39 is 0 Å². The summed E-state index contributed by atoms with van der Waals surface area (Å²) < 4.78 is 8.07. The zero-order chi connectivity index (χ0) is 9.26. The van der Waals surface area contributed by atoms with Gasteiger partial charge in [0.15, 0.2) is 4.77 Å². The fraction of sp³-hybridized carbons (Fsp3) is 0.750. The predicted octanol–water partition coefficient (Wildman–Crippen LogP) is 1.46. The van der Waals surface area contributed by atoms with E-state index in [0.29, 0.717) is 10.7 Å². The summed E-state index contributed by atoms with van der Waals surface area (Å²) in [5, 5.41) is 7.06. The van der Waals surface area contributed by atoms with Crippen LogP contribution in [0.2, 0.25) is 0 Å². The number of aromatic nitrogens is 3. The molecule has 1 aliphatic heterocycles. The Balaban J connectivity index is 2.33. The van der Waals surface area contributed by atoms with E-state index in [2.05, 4.69) is 17.1 Å². The van der Waals surface area contributed by atoms with Gasteiger partial charge in [0.1, 0.15) is 5.82 Å². The fourth-order valence-corrected chi connectivity index (χ4v) is 1.95. The minimum absolute atomic E-state index is 0.424. The van der Waals surface area contributed by atoms with E-state index in [9.17, 15) is 0 Å². The molecule has 1 unspecified atom stereocenters. The van der Waals surface area contributed by atoms with Gasteiger partial charge < -0.3 is 9.30 Å². The lowest BCUT2D eigenvalue weighted by Crippen LogP contribution is -2.08. The second kappa shape index (κ2) is 3.59. The minimum Gasteiger partial charge on any atom is -0.381 e.